The van der Waals surface area contributed by atoms with Gasteiger partial charge in [0, 0.05) is 7.05 Å². The van der Waals surface area contributed by atoms with Crippen LogP contribution in [0.2, 0.25) is 0 Å². The maximum Gasteiger partial charge on any atom is 0.241 e. The molecule has 0 bridgehead atoms. The molecule has 1 unspecified atom stereocenters. The van der Waals surface area contributed by atoms with E-state index in [0.717, 1.165) is 0 Å². The van der Waals surface area contributed by atoms with Crippen molar-refractivity contribution in [1.82, 2.24) is 20.1 Å². The monoisotopic (exact) mass is 183 g/mol. The highest BCUT2D eigenvalue weighted by Gasteiger charge is 2.06. The lowest BCUT2D eigenvalue weighted by Gasteiger charge is -1.99. The van der Waals surface area contributed by atoms with Gasteiger partial charge in [-0.15, -0.1) is 0 Å². The second-order valence-corrected chi connectivity index (χ2v) is 2.76. The van der Waals surface area contributed by atoms with Crippen LogP contribution in [0.25, 0.3) is 0 Å². The minimum atomic E-state index is -0.203. The largest absolute Gasteiger partial charge is 0.358 e. The van der Waals surface area contributed by atoms with Gasteiger partial charge in [-0.2, -0.15) is 5.10 Å². The SMILES string of the molecule is CNC(=O)Cn1cnc(C(C)N)n1. The molecule has 1 aromatic heterocycles. The molecule has 0 aliphatic carbocycles. The number of nitrogens with zero attached hydrogens (tertiary/aromatic N) is 3. The molecule has 0 aliphatic heterocycles. The van der Waals surface area contributed by atoms with Crippen molar-refractivity contribution in [2.24, 2.45) is 5.73 Å². The Labute approximate surface area is 76.1 Å². The molecule has 0 saturated heterocycles. The van der Waals surface area contributed by atoms with Crippen molar-refractivity contribution in [3.63, 3.8) is 0 Å². The Morgan fingerprint density at radius 3 is 3.00 bits per heavy atom. The summed E-state index contributed by atoms with van der Waals surface area (Å²) in [6, 6.07) is -0.203. The van der Waals surface area contributed by atoms with Crippen LogP contribution in [-0.2, 0) is 11.3 Å². The molecule has 0 aliphatic rings. The minimum absolute atomic E-state index is 0.110. The molecule has 72 valence electrons. The van der Waals surface area contributed by atoms with E-state index in [1.807, 2.05) is 0 Å². The lowest BCUT2D eigenvalue weighted by Crippen LogP contribution is -2.23. The van der Waals surface area contributed by atoms with E-state index in [9.17, 15) is 4.79 Å². The maximum absolute atomic E-state index is 10.9. The second-order valence-electron chi connectivity index (χ2n) is 2.76. The van der Waals surface area contributed by atoms with E-state index in [1.54, 1.807) is 14.0 Å². The first-order valence-corrected chi connectivity index (χ1v) is 3.99. The molecule has 0 radical (unpaired) electrons. The number of carbonyl (C=O) groups is 1. The van der Waals surface area contributed by atoms with Gasteiger partial charge >= 0.3 is 0 Å². The first kappa shape index (κ1) is 9.66. The average Bonchev–Trinajstić information content (AvgIpc) is 2.52. The lowest BCUT2D eigenvalue weighted by molar-refractivity contribution is -0.121. The summed E-state index contributed by atoms with van der Waals surface area (Å²) >= 11 is 0. The third-order valence-electron chi connectivity index (χ3n) is 1.55. The van der Waals surface area contributed by atoms with Crippen molar-refractivity contribution in [3.05, 3.63) is 12.2 Å². The number of carbonyl (C=O) groups excluding carboxylic acids is 1. The molecule has 1 rings (SSSR count). The van der Waals surface area contributed by atoms with Crippen molar-refractivity contribution in [2.75, 3.05) is 7.05 Å². The fourth-order valence-electron chi connectivity index (χ4n) is 0.820. The number of hydrogen-bond donors (Lipinski definition) is 2. The van der Waals surface area contributed by atoms with Gasteiger partial charge in [-0.3, -0.25) is 4.79 Å². The van der Waals surface area contributed by atoms with Gasteiger partial charge in [0.05, 0.1) is 6.04 Å². The van der Waals surface area contributed by atoms with Gasteiger partial charge in [0.1, 0.15) is 12.9 Å². The van der Waals surface area contributed by atoms with Crippen molar-refractivity contribution >= 4 is 5.91 Å². The number of nitrogens with two attached hydrogens (primary N) is 1. The van der Waals surface area contributed by atoms with Crippen LogP contribution < -0.4 is 11.1 Å². The molecule has 6 nitrogen and oxygen atoms in total. The molecule has 3 N–H and O–H groups in total. The Bertz CT molecular complexity index is 293. The van der Waals surface area contributed by atoms with E-state index in [4.69, 9.17) is 5.73 Å². The predicted octanol–water partition coefficient (Wildman–Crippen LogP) is -0.956. The minimum Gasteiger partial charge on any atom is -0.358 e. The molecule has 1 heterocycles. The standard InChI is InChI=1S/C7H13N5O/c1-5(8)7-10-4-12(11-7)3-6(13)9-2/h4-5H,3,8H2,1-2H3,(H,9,13). The van der Waals surface area contributed by atoms with Crippen LogP contribution in [0.15, 0.2) is 6.33 Å². The number of likely N-dealkylation sites (N-methyl/N-ethyl adjacent to an activating group) is 1. The van der Waals surface area contributed by atoms with Gasteiger partial charge in [0.15, 0.2) is 5.82 Å². The fraction of sp³-hybridized carbons (Fsp3) is 0.571. The molecular weight excluding hydrogens is 170 g/mol. The summed E-state index contributed by atoms with van der Waals surface area (Å²) in [6.07, 6.45) is 1.49. The number of hydrogen-bond acceptors (Lipinski definition) is 4. The van der Waals surface area contributed by atoms with Gasteiger partial charge in [0.2, 0.25) is 5.91 Å². The van der Waals surface area contributed by atoms with Crippen LogP contribution in [0, 0.1) is 0 Å². The van der Waals surface area contributed by atoms with E-state index in [0.29, 0.717) is 5.82 Å². The Morgan fingerprint density at radius 1 is 1.85 bits per heavy atom. The lowest BCUT2D eigenvalue weighted by atomic mass is 10.4. The molecule has 1 atom stereocenters. The summed E-state index contributed by atoms with van der Waals surface area (Å²) in [6.45, 7) is 1.97. The number of nitrogens with one attached hydrogen (secondary N) is 1. The molecular formula is C7H13N5O. The summed E-state index contributed by atoms with van der Waals surface area (Å²) in [5.41, 5.74) is 5.55. The molecule has 6 heteroatoms. The zero-order valence-electron chi connectivity index (χ0n) is 7.69. The maximum atomic E-state index is 10.9. The number of rotatable bonds is 3. The van der Waals surface area contributed by atoms with Gasteiger partial charge in [-0.25, -0.2) is 9.67 Å². The van der Waals surface area contributed by atoms with E-state index >= 15 is 0 Å². The molecule has 0 fully saturated rings. The number of amides is 1. The van der Waals surface area contributed by atoms with Crippen LogP contribution in [-0.4, -0.2) is 27.7 Å². The van der Waals surface area contributed by atoms with E-state index in [1.165, 1.54) is 11.0 Å². The quantitative estimate of drug-likeness (QED) is 0.632. The van der Waals surface area contributed by atoms with Crippen LogP contribution >= 0.6 is 0 Å². The van der Waals surface area contributed by atoms with E-state index in [2.05, 4.69) is 15.4 Å². The average molecular weight is 183 g/mol. The molecule has 0 spiro atoms. The predicted molar refractivity (Wildman–Crippen MR) is 46.7 cm³/mol. The summed E-state index contributed by atoms with van der Waals surface area (Å²) < 4.78 is 1.46. The highest BCUT2D eigenvalue weighted by atomic mass is 16.1. The van der Waals surface area contributed by atoms with Gasteiger partial charge in [0.25, 0.3) is 0 Å². The first-order valence-electron chi connectivity index (χ1n) is 3.99. The van der Waals surface area contributed by atoms with Gasteiger partial charge in [-0.1, -0.05) is 0 Å². The smallest absolute Gasteiger partial charge is 0.241 e. The van der Waals surface area contributed by atoms with Crippen LogP contribution in [0.4, 0.5) is 0 Å². The van der Waals surface area contributed by atoms with Crippen LogP contribution in [0.1, 0.15) is 18.8 Å². The highest BCUT2D eigenvalue weighted by Crippen LogP contribution is 2.00. The third kappa shape index (κ3) is 2.51. The van der Waals surface area contributed by atoms with Crippen molar-refractivity contribution in [3.8, 4) is 0 Å². The van der Waals surface area contributed by atoms with E-state index < -0.39 is 0 Å². The summed E-state index contributed by atoms with van der Waals surface area (Å²) in [7, 11) is 1.58. The third-order valence-corrected chi connectivity index (χ3v) is 1.55. The Balaban J connectivity index is 2.64. The van der Waals surface area contributed by atoms with Crippen molar-refractivity contribution in [2.45, 2.75) is 19.5 Å². The van der Waals surface area contributed by atoms with E-state index in [-0.39, 0.29) is 18.5 Å². The van der Waals surface area contributed by atoms with Gasteiger partial charge < -0.3 is 11.1 Å². The second kappa shape index (κ2) is 3.99. The van der Waals surface area contributed by atoms with Crippen LogP contribution in [0.3, 0.4) is 0 Å². The summed E-state index contributed by atoms with van der Waals surface area (Å²) in [4.78, 5) is 14.9. The number of aromatic nitrogens is 3. The molecule has 0 aromatic carbocycles. The fourth-order valence-corrected chi connectivity index (χ4v) is 0.820. The Kier molecular flexibility index (Phi) is 2.97. The summed E-state index contributed by atoms with van der Waals surface area (Å²) in [5, 5.41) is 6.51. The first-order chi connectivity index (χ1) is 6.13. The van der Waals surface area contributed by atoms with Gasteiger partial charge in [-0.05, 0) is 6.92 Å². The molecule has 1 aromatic rings. The normalized spacial score (nSPS) is 12.5. The van der Waals surface area contributed by atoms with Crippen LogP contribution in [0.5, 0.6) is 0 Å². The topological polar surface area (TPSA) is 85.8 Å². The van der Waals surface area contributed by atoms with Crippen molar-refractivity contribution in [1.29, 1.82) is 0 Å². The highest BCUT2D eigenvalue weighted by molar-refractivity contribution is 5.75. The Hall–Kier alpha value is -1.43. The summed E-state index contributed by atoms with van der Waals surface area (Å²) in [5.74, 6) is 0.435. The zero-order valence-corrected chi connectivity index (χ0v) is 7.69. The van der Waals surface area contributed by atoms with Crippen molar-refractivity contribution < 1.29 is 4.79 Å². The molecule has 0 saturated carbocycles. The molecule has 1 amide bonds. The Morgan fingerprint density at radius 2 is 2.54 bits per heavy atom. The zero-order chi connectivity index (χ0) is 9.84. The molecule has 13 heavy (non-hydrogen) atoms.